The predicted octanol–water partition coefficient (Wildman–Crippen LogP) is 2.83. The van der Waals surface area contributed by atoms with Crippen LogP contribution in [0.25, 0.3) is 0 Å². The lowest BCUT2D eigenvalue weighted by Crippen LogP contribution is -2.05. The first-order valence-corrected chi connectivity index (χ1v) is 6.40. The molecule has 1 aromatic rings. The molecule has 0 aliphatic heterocycles. The lowest BCUT2D eigenvalue weighted by atomic mass is 9.97. The number of ether oxygens (including phenoxy) is 1. The molecule has 0 bridgehead atoms. The highest BCUT2D eigenvalue weighted by Crippen LogP contribution is 2.25. The maximum Gasteiger partial charge on any atom is 0.189 e. The molecular formula is C16H16O5. The van der Waals surface area contributed by atoms with Crippen molar-refractivity contribution in [2.24, 2.45) is 5.92 Å². The Kier molecular flexibility index (Phi) is 4.33. The molecule has 0 amide bonds. The van der Waals surface area contributed by atoms with Crippen LogP contribution in [0.3, 0.4) is 0 Å². The van der Waals surface area contributed by atoms with E-state index in [-0.39, 0.29) is 34.5 Å². The molecule has 1 atom stereocenters. The van der Waals surface area contributed by atoms with Crippen LogP contribution >= 0.6 is 0 Å². The van der Waals surface area contributed by atoms with Crippen molar-refractivity contribution < 1.29 is 24.9 Å². The average molecular weight is 288 g/mol. The third kappa shape index (κ3) is 3.45. The van der Waals surface area contributed by atoms with Crippen molar-refractivity contribution in [2.45, 2.75) is 6.42 Å². The topological polar surface area (TPSA) is 87.0 Å². The Bertz CT molecular complexity index is 640. The van der Waals surface area contributed by atoms with Gasteiger partial charge in [-0.3, -0.25) is 4.79 Å². The number of aromatic hydroxyl groups is 2. The first kappa shape index (κ1) is 14.7. The number of benzene rings is 1. The molecule has 5 nitrogen and oxygen atoms in total. The second-order valence-electron chi connectivity index (χ2n) is 4.67. The van der Waals surface area contributed by atoms with E-state index in [1.54, 1.807) is 12.2 Å². The summed E-state index contributed by atoms with van der Waals surface area (Å²) in [5, 5.41) is 28.5. The number of methoxy groups -OCH3 is 1. The summed E-state index contributed by atoms with van der Waals surface area (Å²) in [4.78, 5) is 12.0. The Morgan fingerprint density at radius 3 is 2.71 bits per heavy atom. The normalized spacial score (nSPS) is 18.2. The lowest BCUT2D eigenvalue weighted by Gasteiger charge is -2.15. The standard InChI is InChI=1S/C16H16O5/c1-21-16-7-3-10(8-15(16)20)2-6-13(18)12-5-4-11(17)9-14(12)19/h2-7,9-10,17,19-20H,8H2,1H3. The minimum Gasteiger partial charge on any atom is -0.508 e. The fourth-order valence-electron chi connectivity index (χ4n) is 2.05. The van der Waals surface area contributed by atoms with E-state index in [2.05, 4.69) is 0 Å². The van der Waals surface area contributed by atoms with Crippen molar-refractivity contribution in [1.82, 2.24) is 0 Å². The number of ketones is 1. The molecule has 1 aliphatic rings. The van der Waals surface area contributed by atoms with Gasteiger partial charge in [0, 0.05) is 18.4 Å². The Hall–Kier alpha value is -2.69. The summed E-state index contributed by atoms with van der Waals surface area (Å²) >= 11 is 0. The Morgan fingerprint density at radius 1 is 1.33 bits per heavy atom. The zero-order valence-corrected chi connectivity index (χ0v) is 11.5. The van der Waals surface area contributed by atoms with Crippen LogP contribution in [-0.4, -0.2) is 28.2 Å². The van der Waals surface area contributed by atoms with E-state index >= 15 is 0 Å². The Morgan fingerprint density at radius 2 is 2.10 bits per heavy atom. The minimum atomic E-state index is -0.373. The van der Waals surface area contributed by atoms with Gasteiger partial charge in [0.15, 0.2) is 11.5 Å². The second kappa shape index (κ2) is 6.17. The second-order valence-corrected chi connectivity index (χ2v) is 4.67. The Balaban J connectivity index is 2.07. The molecule has 1 aromatic carbocycles. The van der Waals surface area contributed by atoms with Gasteiger partial charge in [0.25, 0.3) is 0 Å². The van der Waals surface area contributed by atoms with Crippen molar-refractivity contribution in [3.05, 3.63) is 59.6 Å². The largest absolute Gasteiger partial charge is 0.508 e. The van der Waals surface area contributed by atoms with Crippen molar-refractivity contribution in [1.29, 1.82) is 0 Å². The van der Waals surface area contributed by atoms with Gasteiger partial charge in [-0.15, -0.1) is 0 Å². The molecule has 2 rings (SSSR count). The molecule has 0 spiro atoms. The van der Waals surface area contributed by atoms with E-state index < -0.39 is 0 Å². The predicted molar refractivity (Wildman–Crippen MR) is 77.2 cm³/mol. The van der Waals surface area contributed by atoms with Crippen LogP contribution in [0.4, 0.5) is 0 Å². The first-order valence-electron chi connectivity index (χ1n) is 6.40. The molecule has 0 aromatic heterocycles. The lowest BCUT2D eigenvalue weighted by molar-refractivity contribution is 0.104. The zero-order valence-electron chi connectivity index (χ0n) is 11.5. The van der Waals surface area contributed by atoms with Crippen LogP contribution < -0.4 is 0 Å². The van der Waals surface area contributed by atoms with Gasteiger partial charge in [-0.05, 0) is 24.3 Å². The van der Waals surface area contributed by atoms with Gasteiger partial charge in [0.1, 0.15) is 17.3 Å². The number of hydrogen-bond acceptors (Lipinski definition) is 5. The van der Waals surface area contributed by atoms with Gasteiger partial charge >= 0.3 is 0 Å². The fourth-order valence-corrected chi connectivity index (χ4v) is 2.05. The van der Waals surface area contributed by atoms with Crippen molar-refractivity contribution >= 4 is 5.78 Å². The van der Waals surface area contributed by atoms with Gasteiger partial charge < -0.3 is 20.1 Å². The summed E-state index contributed by atoms with van der Waals surface area (Å²) in [5.74, 6) is -0.315. The molecule has 1 aliphatic carbocycles. The van der Waals surface area contributed by atoms with E-state index in [1.807, 2.05) is 6.08 Å². The molecule has 0 saturated carbocycles. The van der Waals surface area contributed by atoms with Gasteiger partial charge in [-0.25, -0.2) is 0 Å². The summed E-state index contributed by atoms with van der Waals surface area (Å²) in [7, 11) is 1.48. The maximum absolute atomic E-state index is 12.0. The summed E-state index contributed by atoms with van der Waals surface area (Å²) in [6.45, 7) is 0. The van der Waals surface area contributed by atoms with Crippen molar-refractivity contribution in [3.63, 3.8) is 0 Å². The van der Waals surface area contributed by atoms with E-state index in [9.17, 15) is 20.1 Å². The highest BCUT2D eigenvalue weighted by atomic mass is 16.5. The third-order valence-corrected chi connectivity index (χ3v) is 3.17. The molecule has 0 saturated heterocycles. The molecule has 0 radical (unpaired) electrons. The molecule has 1 unspecified atom stereocenters. The molecule has 5 heteroatoms. The summed E-state index contributed by atoms with van der Waals surface area (Å²) in [5.41, 5.74) is 0.112. The number of allylic oxidation sites excluding steroid dienone is 5. The molecule has 0 heterocycles. The Labute approximate surface area is 122 Å². The highest BCUT2D eigenvalue weighted by molar-refractivity contribution is 6.06. The SMILES string of the molecule is COC1=C(O)CC(C=CC(=O)c2ccc(O)cc2O)C=C1. The van der Waals surface area contributed by atoms with Crippen LogP contribution in [-0.2, 0) is 4.74 Å². The molecular weight excluding hydrogens is 272 g/mol. The minimum absolute atomic E-state index is 0.106. The third-order valence-electron chi connectivity index (χ3n) is 3.17. The quantitative estimate of drug-likeness (QED) is 0.586. The van der Waals surface area contributed by atoms with Gasteiger partial charge in [0.2, 0.25) is 0 Å². The zero-order chi connectivity index (χ0) is 15.4. The summed E-state index contributed by atoms with van der Waals surface area (Å²) in [6, 6.07) is 3.80. The van der Waals surface area contributed by atoms with E-state index in [0.29, 0.717) is 12.2 Å². The van der Waals surface area contributed by atoms with E-state index in [1.165, 1.54) is 25.3 Å². The number of carbonyl (C=O) groups is 1. The highest BCUT2D eigenvalue weighted by Gasteiger charge is 2.15. The fraction of sp³-hybridized carbons (Fsp3) is 0.188. The molecule has 0 fully saturated rings. The molecule has 21 heavy (non-hydrogen) atoms. The summed E-state index contributed by atoms with van der Waals surface area (Å²) in [6.07, 6.45) is 6.81. The van der Waals surface area contributed by atoms with Crippen LogP contribution in [0.1, 0.15) is 16.8 Å². The number of hydrogen-bond donors (Lipinski definition) is 3. The average Bonchev–Trinajstić information content (AvgIpc) is 2.45. The monoisotopic (exact) mass is 288 g/mol. The number of phenolic OH excluding ortho intramolecular Hbond substituents is 2. The molecule has 3 N–H and O–H groups in total. The van der Waals surface area contributed by atoms with E-state index in [0.717, 1.165) is 6.07 Å². The van der Waals surface area contributed by atoms with E-state index in [4.69, 9.17) is 4.74 Å². The molecule has 110 valence electrons. The van der Waals surface area contributed by atoms with Crippen LogP contribution in [0.15, 0.2) is 54.0 Å². The number of aliphatic hydroxyl groups is 1. The number of aliphatic hydroxyl groups excluding tert-OH is 1. The first-order chi connectivity index (χ1) is 10.0. The number of carbonyl (C=O) groups excluding carboxylic acids is 1. The smallest absolute Gasteiger partial charge is 0.189 e. The summed E-state index contributed by atoms with van der Waals surface area (Å²) < 4.78 is 4.97. The van der Waals surface area contributed by atoms with Gasteiger partial charge in [0.05, 0.1) is 12.7 Å². The maximum atomic E-state index is 12.0. The number of phenols is 2. The van der Waals surface area contributed by atoms with Crippen molar-refractivity contribution in [3.8, 4) is 11.5 Å². The van der Waals surface area contributed by atoms with Gasteiger partial charge in [-0.2, -0.15) is 0 Å². The van der Waals surface area contributed by atoms with Gasteiger partial charge in [-0.1, -0.05) is 12.2 Å². The number of rotatable bonds is 4. The van der Waals surface area contributed by atoms with Crippen LogP contribution in [0.2, 0.25) is 0 Å². The van der Waals surface area contributed by atoms with Crippen LogP contribution in [0, 0.1) is 5.92 Å². The van der Waals surface area contributed by atoms with Crippen LogP contribution in [0.5, 0.6) is 11.5 Å². The van der Waals surface area contributed by atoms with Crippen molar-refractivity contribution in [2.75, 3.05) is 7.11 Å².